The number of aromatic nitrogens is 2. The highest BCUT2D eigenvalue weighted by Gasteiger charge is 2.42. The monoisotopic (exact) mass is 350 g/mol. The van der Waals surface area contributed by atoms with Gasteiger partial charge in [-0.2, -0.15) is 0 Å². The third-order valence-corrected chi connectivity index (χ3v) is 7.72. The van der Waals surface area contributed by atoms with Gasteiger partial charge in [-0.25, -0.2) is 26.5 Å². The number of sulfonamides is 1. The fourth-order valence-corrected chi connectivity index (χ4v) is 7.12. The summed E-state index contributed by atoms with van der Waals surface area (Å²) in [6.45, 7) is 1.58. The van der Waals surface area contributed by atoms with Crippen LogP contribution >= 0.6 is 11.3 Å². The lowest BCUT2D eigenvalue weighted by atomic mass is 10.0. The molecule has 11 heteroatoms. The van der Waals surface area contributed by atoms with Crippen LogP contribution in [0, 0.1) is 0 Å². The standard InChI is InChI=1S/C10H14N4O4S3/c1-10(2-5-20(15,16)6-10)13-21(17,18)8-7(11)12-9-14(8)3-4-19-9/h3-4,13H,2,5-6,11H2,1H3. The highest BCUT2D eigenvalue weighted by atomic mass is 32.2. The van der Waals surface area contributed by atoms with Gasteiger partial charge < -0.3 is 5.73 Å². The van der Waals surface area contributed by atoms with Crippen LogP contribution in [0.25, 0.3) is 4.96 Å². The van der Waals surface area contributed by atoms with Crippen LogP contribution in [0.2, 0.25) is 0 Å². The molecule has 1 saturated heterocycles. The zero-order valence-electron chi connectivity index (χ0n) is 11.1. The minimum atomic E-state index is -3.97. The van der Waals surface area contributed by atoms with Crippen molar-refractivity contribution in [3.05, 3.63) is 11.6 Å². The van der Waals surface area contributed by atoms with Gasteiger partial charge in [0.15, 0.2) is 25.6 Å². The van der Waals surface area contributed by atoms with Gasteiger partial charge in [-0.1, -0.05) is 0 Å². The summed E-state index contributed by atoms with van der Waals surface area (Å²) in [4.78, 5) is 4.46. The summed E-state index contributed by atoms with van der Waals surface area (Å²) >= 11 is 1.26. The SMILES string of the molecule is CC1(NS(=O)(=O)c2c(N)nc3sccn23)CCS(=O)(=O)C1. The first kappa shape index (κ1) is 14.8. The van der Waals surface area contributed by atoms with Gasteiger partial charge in [0.25, 0.3) is 10.0 Å². The molecule has 2 aromatic rings. The quantitative estimate of drug-likeness (QED) is 0.792. The van der Waals surface area contributed by atoms with Gasteiger partial charge in [-0.05, 0) is 13.3 Å². The van der Waals surface area contributed by atoms with Gasteiger partial charge >= 0.3 is 0 Å². The third-order valence-electron chi connectivity index (χ3n) is 3.38. The molecule has 116 valence electrons. The minimum Gasteiger partial charge on any atom is -0.381 e. The number of anilines is 1. The van der Waals surface area contributed by atoms with E-state index in [1.807, 2.05) is 0 Å². The molecular weight excluding hydrogens is 336 g/mol. The number of imidazole rings is 1. The van der Waals surface area contributed by atoms with Gasteiger partial charge in [-0.15, -0.1) is 11.3 Å². The number of nitrogens with one attached hydrogen (secondary N) is 1. The van der Waals surface area contributed by atoms with E-state index in [1.165, 1.54) is 15.7 Å². The smallest absolute Gasteiger partial charge is 0.260 e. The summed E-state index contributed by atoms with van der Waals surface area (Å²) in [5, 5.41) is 1.55. The highest BCUT2D eigenvalue weighted by Crippen LogP contribution is 2.28. The molecular formula is C10H14N4O4S3. The fourth-order valence-electron chi connectivity index (χ4n) is 2.51. The molecule has 0 amide bonds. The van der Waals surface area contributed by atoms with E-state index in [1.54, 1.807) is 18.5 Å². The number of nitrogens with two attached hydrogens (primary N) is 1. The predicted octanol–water partition coefficient (Wildman–Crippen LogP) is -0.166. The zero-order valence-corrected chi connectivity index (χ0v) is 13.6. The lowest BCUT2D eigenvalue weighted by Gasteiger charge is -2.23. The van der Waals surface area contributed by atoms with Crippen LogP contribution in [0.4, 0.5) is 5.82 Å². The number of hydrogen-bond acceptors (Lipinski definition) is 7. The van der Waals surface area contributed by atoms with E-state index in [9.17, 15) is 16.8 Å². The van der Waals surface area contributed by atoms with Crippen LogP contribution in [0.5, 0.6) is 0 Å². The third kappa shape index (κ3) is 2.54. The molecule has 0 radical (unpaired) electrons. The lowest BCUT2D eigenvalue weighted by molar-refractivity contribution is 0.460. The number of nitrogen functional groups attached to an aromatic ring is 1. The molecule has 1 aliphatic rings. The Morgan fingerprint density at radius 3 is 2.86 bits per heavy atom. The Bertz CT molecular complexity index is 911. The van der Waals surface area contributed by atoms with Crippen LogP contribution in [0.15, 0.2) is 16.6 Å². The maximum Gasteiger partial charge on any atom is 0.260 e. The largest absolute Gasteiger partial charge is 0.381 e. The Kier molecular flexibility index (Phi) is 3.10. The Balaban J connectivity index is 2.02. The number of thiazole rings is 1. The van der Waals surface area contributed by atoms with Gasteiger partial charge in [0.2, 0.25) is 0 Å². The highest BCUT2D eigenvalue weighted by molar-refractivity contribution is 7.92. The molecule has 3 heterocycles. The summed E-state index contributed by atoms with van der Waals surface area (Å²) in [5.41, 5.74) is 4.67. The Hall–Kier alpha value is -1.17. The number of nitrogens with zero attached hydrogens (tertiary/aromatic N) is 2. The van der Waals surface area contributed by atoms with Crippen molar-refractivity contribution in [2.45, 2.75) is 23.9 Å². The maximum absolute atomic E-state index is 12.6. The van der Waals surface area contributed by atoms with Crippen molar-refractivity contribution >= 4 is 42.0 Å². The summed E-state index contributed by atoms with van der Waals surface area (Å²) in [7, 11) is -7.18. The molecule has 0 saturated carbocycles. The molecule has 21 heavy (non-hydrogen) atoms. The molecule has 0 aromatic carbocycles. The topological polar surface area (TPSA) is 124 Å². The molecule has 0 bridgehead atoms. The Morgan fingerprint density at radius 2 is 2.24 bits per heavy atom. The molecule has 1 aliphatic heterocycles. The van der Waals surface area contributed by atoms with Gasteiger partial charge in [0.05, 0.1) is 11.5 Å². The second-order valence-corrected chi connectivity index (χ2v) is 10.0. The first-order valence-electron chi connectivity index (χ1n) is 6.07. The molecule has 2 aromatic heterocycles. The molecule has 1 unspecified atom stereocenters. The summed E-state index contributed by atoms with van der Waals surface area (Å²) < 4.78 is 52.1. The average molecular weight is 350 g/mol. The Morgan fingerprint density at radius 1 is 1.52 bits per heavy atom. The van der Waals surface area contributed by atoms with E-state index >= 15 is 0 Å². The van der Waals surface area contributed by atoms with E-state index < -0.39 is 25.4 Å². The molecule has 1 fully saturated rings. The zero-order chi connectivity index (χ0) is 15.5. The molecule has 3 N–H and O–H groups in total. The number of fused-ring (bicyclic) bond motifs is 1. The number of sulfone groups is 1. The second kappa shape index (κ2) is 4.41. The van der Waals surface area contributed by atoms with Crippen LogP contribution in [0.3, 0.4) is 0 Å². The summed E-state index contributed by atoms with van der Waals surface area (Å²) in [6, 6.07) is 0. The first-order valence-corrected chi connectivity index (χ1v) is 10.3. The fraction of sp³-hybridized carbons (Fsp3) is 0.500. The summed E-state index contributed by atoms with van der Waals surface area (Å²) in [6.07, 6.45) is 1.80. The van der Waals surface area contributed by atoms with Crippen LogP contribution in [0.1, 0.15) is 13.3 Å². The van der Waals surface area contributed by atoms with Gasteiger partial charge in [0.1, 0.15) is 0 Å². The van der Waals surface area contributed by atoms with Crippen molar-refractivity contribution in [3.63, 3.8) is 0 Å². The van der Waals surface area contributed by atoms with E-state index in [-0.39, 0.29) is 28.8 Å². The van der Waals surface area contributed by atoms with Crippen molar-refractivity contribution in [1.82, 2.24) is 14.1 Å². The molecule has 8 nitrogen and oxygen atoms in total. The normalized spacial score (nSPS) is 25.6. The van der Waals surface area contributed by atoms with Gasteiger partial charge in [0, 0.05) is 17.1 Å². The van der Waals surface area contributed by atoms with Crippen molar-refractivity contribution in [1.29, 1.82) is 0 Å². The molecule has 3 rings (SSSR count). The van der Waals surface area contributed by atoms with E-state index in [2.05, 4.69) is 9.71 Å². The van der Waals surface area contributed by atoms with E-state index in [0.29, 0.717) is 4.96 Å². The van der Waals surface area contributed by atoms with Crippen molar-refractivity contribution in [3.8, 4) is 0 Å². The van der Waals surface area contributed by atoms with Crippen LogP contribution in [-0.2, 0) is 19.9 Å². The predicted molar refractivity (Wildman–Crippen MR) is 79.5 cm³/mol. The van der Waals surface area contributed by atoms with Crippen molar-refractivity contribution in [2.75, 3.05) is 17.2 Å². The van der Waals surface area contributed by atoms with E-state index in [0.717, 1.165) is 0 Å². The number of hydrogen-bond donors (Lipinski definition) is 2. The van der Waals surface area contributed by atoms with Crippen molar-refractivity contribution in [2.24, 2.45) is 0 Å². The average Bonchev–Trinajstić information content (AvgIpc) is 2.90. The van der Waals surface area contributed by atoms with Gasteiger partial charge in [-0.3, -0.25) is 4.40 Å². The van der Waals surface area contributed by atoms with Crippen molar-refractivity contribution < 1.29 is 16.8 Å². The molecule has 1 atom stereocenters. The van der Waals surface area contributed by atoms with E-state index in [4.69, 9.17) is 5.73 Å². The second-order valence-electron chi connectivity index (χ2n) is 5.37. The maximum atomic E-state index is 12.6. The van der Waals surface area contributed by atoms with Crippen LogP contribution < -0.4 is 10.5 Å². The minimum absolute atomic E-state index is 0.0260. The first-order chi connectivity index (χ1) is 9.62. The number of rotatable bonds is 3. The van der Waals surface area contributed by atoms with Crippen LogP contribution in [-0.4, -0.2) is 43.3 Å². The lowest BCUT2D eigenvalue weighted by Crippen LogP contribution is -2.47. The summed E-state index contributed by atoms with van der Waals surface area (Å²) in [5.74, 6) is -0.342. The molecule has 0 aliphatic carbocycles. The molecule has 0 spiro atoms. The Labute approximate surface area is 126 Å².